The van der Waals surface area contributed by atoms with E-state index in [0.717, 1.165) is 23.3 Å². The Labute approximate surface area is 192 Å². The van der Waals surface area contributed by atoms with Crippen LogP contribution in [0.3, 0.4) is 0 Å². The first-order valence-electron chi connectivity index (χ1n) is 10.1. The number of carbonyl (C=O) groups is 1. The molecule has 0 aliphatic carbocycles. The topological polar surface area (TPSA) is 89.0 Å². The van der Waals surface area contributed by atoms with E-state index in [0.29, 0.717) is 23.0 Å². The predicted molar refractivity (Wildman–Crippen MR) is 121 cm³/mol. The van der Waals surface area contributed by atoms with Gasteiger partial charge in [-0.15, -0.1) is 13.2 Å². The van der Waals surface area contributed by atoms with Crippen LogP contribution in [0.25, 0.3) is 11.3 Å². The second-order valence-electron chi connectivity index (χ2n) is 7.19. The first-order valence-corrected chi connectivity index (χ1v) is 10.1. The maximum Gasteiger partial charge on any atom is 0.573 e. The van der Waals surface area contributed by atoms with Crippen molar-refractivity contribution in [2.24, 2.45) is 0 Å². The van der Waals surface area contributed by atoms with Crippen molar-refractivity contribution in [2.45, 2.75) is 13.3 Å². The van der Waals surface area contributed by atoms with Crippen molar-refractivity contribution < 1.29 is 22.7 Å². The Hall–Kier alpha value is -4.47. The number of aryl methyl sites for hydroxylation is 1. The van der Waals surface area contributed by atoms with Crippen LogP contribution in [0.15, 0.2) is 79.3 Å². The zero-order chi connectivity index (χ0) is 24.1. The van der Waals surface area contributed by atoms with Gasteiger partial charge in [0.25, 0.3) is 5.91 Å². The summed E-state index contributed by atoms with van der Waals surface area (Å²) in [7, 11) is 0. The van der Waals surface area contributed by atoms with Gasteiger partial charge in [0, 0.05) is 41.1 Å². The van der Waals surface area contributed by atoms with E-state index in [-0.39, 0.29) is 5.56 Å². The molecule has 4 aromatic rings. The van der Waals surface area contributed by atoms with Crippen molar-refractivity contribution in [1.82, 2.24) is 15.0 Å². The van der Waals surface area contributed by atoms with Crippen LogP contribution in [-0.2, 0) is 0 Å². The molecular formula is C24H18F3N5O2. The SMILES string of the molecule is Cc1ccc(NC(=O)c2ccc(OC(F)(F)F)cc2)cc1Nc1nccc(-c2cccnc2)n1. The highest BCUT2D eigenvalue weighted by Crippen LogP contribution is 2.26. The zero-order valence-corrected chi connectivity index (χ0v) is 17.8. The number of aromatic nitrogens is 3. The molecule has 0 radical (unpaired) electrons. The number of hydrogen-bond donors (Lipinski definition) is 2. The summed E-state index contributed by atoms with van der Waals surface area (Å²) in [6.45, 7) is 1.89. The lowest BCUT2D eigenvalue weighted by Crippen LogP contribution is -2.17. The van der Waals surface area contributed by atoms with Crippen LogP contribution in [0, 0.1) is 6.92 Å². The maximum absolute atomic E-state index is 12.5. The molecule has 2 N–H and O–H groups in total. The van der Waals surface area contributed by atoms with Gasteiger partial charge in [0.05, 0.1) is 5.69 Å². The van der Waals surface area contributed by atoms with Gasteiger partial charge < -0.3 is 15.4 Å². The molecule has 10 heteroatoms. The van der Waals surface area contributed by atoms with E-state index in [1.54, 1.807) is 36.8 Å². The average molecular weight is 465 g/mol. The molecule has 0 saturated heterocycles. The molecule has 1 amide bonds. The summed E-state index contributed by atoms with van der Waals surface area (Å²) in [4.78, 5) is 25.4. The molecule has 2 aromatic heterocycles. The number of pyridine rings is 1. The quantitative estimate of drug-likeness (QED) is 0.377. The predicted octanol–water partition coefficient (Wildman–Crippen LogP) is 5.74. The Morgan fingerprint density at radius 2 is 1.79 bits per heavy atom. The molecule has 34 heavy (non-hydrogen) atoms. The Kier molecular flexibility index (Phi) is 6.39. The first kappa shape index (κ1) is 22.7. The van der Waals surface area contributed by atoms with Gasteiger partial charge in [-0.2, -0.15) is 0 Å². The lowest BCUT2D eigenvalue weighted by atomic mass is 10.1. The first-order chi connectivity index (χ1) is 16.3. The van der Waals surface area contributed by atoms with Crippen LogP contribution in [0.4, 0.5) is 30.5 Å². The van der Waals surface area contributed by atoms with Crippen LogP contribution in [0.1, 0.15) is 15.9 Å². The highest BCUT2D eigenvalue weighted by molar-refractivity contribution is 6.04. The average Bonchev–Trinajstić information content (AvgIpc) is 2.81. The Bertz CT molecular complexity index is 1300. The number of hydrogen-bond acceptors (Lipinski definition) is 6. The highest BCUT2D eigenvalue weighted by Gasteiger charge is 2.31. The van der Waals surface area contributed by atoms with Gasteiger partial charge >= 0.3 is 6.36 Å². The van der Waals surface area contributed by atoms with Gasteiger partial charge in [-0.05, 0) is 67.1 Å². The van der Waals surface area contributed by atoms with Crippen LogP contribution in [0.5, 0.6) is 5.75 Å². The van der Waals surface area contributed by atoms with Gasteiger partial charge in [-0.3, -0.25) is 9.78 Å². The van der Waals surface area contributed by atoms with E-state index < -0.39 is 18.0 Å². The molecule has 0 aliphatic rings. The van der Waals surface area contributed by atoms with E-state index in [1.165, 1.54) is 12.1 Å². The molecule has 2 aromatic carbocycles. The van der Waals surface area contributed by atoms with Crippen molar-refractivity contribution in [2.75, 3.05) is 10.6 Å². The third-order valence-corrected chi connectivity index (χ3v) is 4.70. The summed E-state index contributed by atoms with van der Waals surface area (Å²) in [6, 6.07) is 15.4. The maximum atomic E-state index is 12.5. The fourth-order valence-corrected chi connectivity index (χ4v) is 3.06. The van der Waals surface area contributed by atoms with E-state index in [9.17, 15) is 18.0 Å². The molecule has 2 heterocycles. The lowest BCUT2D eigenvalue weighted by Gasteiger charge is -2.12. The molecule has 172 valence electrons. The summed E-state index contributed by atoms with van der Waals surface area (Å²) in [5.41, 5.74) is 3.77. The number of carbonyl (C=O) groups excluding carboxylic acids is 1. The minimum atomic E-state index is -4.80. The zero-order valence-electron chi connectivity index (χ0n) is 17.8. The summed E-state index contributed by atoms with van der Waals surface area (Å²) < 4.78 is 40.7. The van der Waals surface area contributed by atoms with Gasteiger partial charge in [0.1, 0.15) is 5.75 Å². The van der Waals surface area contributed by atoms with E-state index in [1.807, 2.05) is 25.1 Å². The highest BCUT2D eigenvalue weighted by atomic mass is 19.4. The second-order valence-corrected chi connectivity index (χ2v) is 7.19. The minimum Gasteiger partial charge on any atom is -0.406 e. The summed E-state index contributed by atoms with van der Waals surface area (Å²) in [5, 5.41) is 5.87. The summed E-state index contributed by atoms with van der Waals surface area (Å²) in [5.74, 6) is -0.518. The number of halogens is 3. The van der Waals surface area contributed by atoms with Crippen molar-refractivity contribution in [3.63, 3.8) is 0 Å². The number of anilines is 3. The second kappa shape index (κ2) is 9.57. The van der Waals surface area contributed by atoms with Gasteiger partial charge in [0.2, 0.25) is 5.95 Å². The smallest absolute Gasteiger partial charge is 0.406 e. The van der Waals surface area contributed by atoms with Crippen molar-refractivity contribution in [3.8, 4) is 17.0 Å². The molecule has 0 fully saturated rings. The van der Waals surface area contributed by atoms with E-state index in [2.05, 4.69) is 30.3 Å². The summed E-state index contributed by atoms with van der Waals surface area (Å²) in [6.07, 6.45) is 0.216. The third-order valence-electron chi connectivity index (χ3n) is 4.70. The van der Waals surface area contributed by atoms with Crippen LogP contribution in [0.2, 0.25) is 0 Å². The van der Waals surface area contributed by atoms with Crippen molar-refractivity contribution >= 4 is 23.2 Å². The lowest BCUT2D eigenvalue weighted by molar-refractivity contribution is -0.274. The standard InChI is InChI=1S/C24H18F3N5O2/c1-15-4-7-18(30-22(33)16-5-8-19(9-6-16)34-24(25,26)27)13-21(15)32-23-29-12-10-20(31-23)17-3-2-11-28-14-17/h2-14H,1H3,(H,30,33)(H,29,31,32). The fraction of sp³-hybridized carbons (Fsp3) is 0.0833. The van der Waals surface area contributed by atoms with Crippen molar-refractivity contribution in [1.29, 1.82) is 0 Å². The number of nitrogens with one attached hydrogen (secondary N) is 2. The number of benzene rings is 2. The van der Waals surface area contributed by atoms with E-state index >= 15 is 0 Å². The third kappa shape index (κ3) is 5.85. The number of nitrogens with zero attached hydrogens (tertiary/aromatic N) is 3. The number of amides is 1. The number of ether oxygens (including phenoxy) is 1. The molecule has 0 unspecified atom stereocenters. The number of rotatable bonds is 6. The molecule has 0 spiro atoms. The fourth-order valence-electron chi connectivity index (χ4n) is 3.06. The van der Waals surface area contributed by atoms with Crippen LogP contribution in [-0.4, -0.2) is 27.2 Å². The molecule has 0 bridgehead atoms. The number of alkyl halides is 3. The van der Waals surface area contributed by atoms with Crippen LogP contribution >= 0.6 is 0 Å². The normalized spacial score (nSPS) is 11.1. The molecular weight excluding hydrogens is 447 g/mol. The largest absolute Gasteiger partial charge is 0.573 e. The minimum absolute atomic E-state index is 0.178. The molecule has 0 atom stereocenters. The Morgan fingerprint density at radius 3 is 2.50 bits per heavy atom. The van der Waals surface area contributed by atoms with E-state index in [4.69, 9.17) is 0 Å². The Balaban J connectivity index is 1.48. The van der Waals surface area contributed by atoms with Crippen molar-refractivity contribution in [3.05, 3.63) is 90.4 Å². The monoisotopic (exact) mass is 465 g/mol. The summed E-state index contributed by atoms with van der Waals surface area (Å²) >= 11 is 0. The van der Waals surface area contributed by atoms with Gasteiger partial charge in [-0.25, -0.2) is 9.97 Å². The Morgan fingerprint density at radius 1 is 1.00 bits per heavy atom. The molecule has 7 nitrogen and oxygen atoms in total. The molecule has 4 rings (SSSR count). The molecule has 0 saturated carbocycles. The van der Waals surface area contributed by atoms with Gasteiger partial charge in [0.15, 0.2) is 0 Å². The van der Waals surface area contributed by atoms with Crippen LogP contribution < -0.4 is 15.4 Å². The van der Waals surface area contributed by atoms with Gasteiger partial charge in [-0.1, -0.05) is 6.07 Å². The molecule has 0 aliphatic heterocycles.